The third-order valence-electron chi connectivity index (χ3n) is 4.02. The number of phosphoric acid groups is 1. The summed E-state index contributed by atoms with van der Waals surface area (Å²) in [6.07, 6.45) is -0.954. The zero-order valence-electron chi connectivity index (χ0n) is 11.5. The zero-order valence-corrected chi connectivity index (χ0v) is 12.4. The molecule has 6 N–H and O–H groups in total. The van der Waals surface area contributed by atoms with Crippen molar-refractivity contribution < 1.29 is 38.4 Å². The van der Waals surface area contributed by atoms with Crippen LogP contribution in [0.5, 0.6) is 0 Å². The molecule has 9 nitrogen and oxygen atoms in total. The summed E-state index contributed by atoms with van der Waals surface area (Å²) in [5.41, 5.74) is 5.08. The summed E-state index contributed by atoms with van der Waals surface area (Å²) >= 11 is 0. The highest BCUT2D eigenvalue weighted by molar-refractivity contribution is 7.46. The van der Waals surface area contributed by atoms with Gasteiger partial charge in [0, 0.05) is 24.6 Å². The number of pyridine rings is 1. The van der Waals surface area contributed by atoms with E-state index in [-0.39, 0.29) is 6.42 Å². The average molecular weight is 333 g/mol. The van der Waals surface area contributed by atoms with Crippen molar-refractivity contribution in [1.82, 2.24) is 0 Å². The largest absolute Gasteiger partial charge is 0.469 e. The van der Waals surface area contributed by atoms with Crippen LogP contribution in [0.2, 0.25) is 0 Å². The summed E-state index contributed by atoms with van der Waals surface area (Å²) in [5, 5.41) is 20.4. The van der Waals surface area contributed by atoms with Crippen molar-refractivity contribution in [3.8, 4) is 0 Å². The fourth-order valence-corrected chi connectivity index (χ4v) is 3.41. The summed E-state index contributed by atoms with van der Waals surface area (Å²) in [5.74, 6) is 0. The SMILES string of the molecule is NCc1ccc[n+]([C@@H]2OC3(C[C@H]3OP(=O)(O)O)[C@@H](O)[C@H]2O)c1. The predicted octanol–water partition coefficient (Wildman–Crippen LogP) is -1.70. The van der Waals surface area contributed by atoms with Gasteiger partial charge in [-0.3, -0.25) is 4.52 Å². The molecule has 2 heterocycles. The van der Waals surface area contributed by atoms with E-state index >= 15 is 0 Å². The van der Waals surface area contributed by atoms with E-state index in [9.17, 15) is 14.8 Å². The number of nitrogens with zero attached hydrogens (tertiary/aromatic N) is 1. The Bertz CT molecular complexity index is 623. The van der Waals surface area contributed by atoms with Crippen LogP contribution in [-0.2, 0) is 20.4 Å². The molecule has 122 valence electrons. The quantitative estimate of drug-likeness (QED) is 0.324. The van der Waals surface area contributed by atoms with E-state index < -0.39 is 38.0 Å². The van der Waals surface area contributed by atoms with Gasteiger partial charge in [0.25, 0.3) is 6.23 Å². The number of aliphatic hydroxyl groups is 2. The van der Waals surface area contributed by atoms with Crippen molar-refractivity contribution in [3.05, 3.63) is 30.1 Å². The molecule has 2 fully saturated rings. The van der Waals surface area contributed by atoms with Crippen molar-refractivity contribution in [2.24, 2.45) is 5.73 Å². The van der Waals surface area contributed by atoms with Gasteiger partial charge in [-0.1, -0.05) is 0 Å². The third-order valence-corrected chi connectivity index (χ3v) is 4.55. The molecule has 1 aromatic heterocycles. The number of aromatic nitrogens is 1. The molecule has 1 saturated heterocycles. The zero-order chi connectivity index (χ0) is 16.1. The van der Waals surface area contributed by atoms with Crippen LogP contribution >= 0.6 is 7.82 Å². The smallest absolute Gasteiger partial charge is 0.387 e. The molecular formula is C12H18N2O7P+. The first-order chi connectivity index (χ1) is 10.3. The van der Waals surface area contributed by atoms with E-state index in [1.165, 1.54) is 0 Å². The Labute approximate surface area is 126 Å². The third kappa shape index (κ3) is 2.70. The molecule has 0 bridgehead atoms. The van der Waals surface area contributed by atoms with Crippen LogP contribution in [0.4, 0.5) is 0 Å². The van der Waals surface area contributed by atoms with Gasteiger partial charge in [0.15, 0.2) is 18.5 Å². The average Bonchev–Trinajstić information content (AvgIpc) is 3.07. The number of rotatable bonds is 4. The van der Waals surface area contributed by atoms with Crippen LogP contribution in [-0.4, -0.2) is 43.9 Å². The Hall–Kier alpha value is -0.900. The first-order valence-corrected chi connectivity index (χ1v) is 8.27. The number of phosphoric ester groups is 1. The summed E-state index contributed by atoms with van der Waals surface area (Å²) < 4.78 is 22.7. The van der Waals surface area contributed by atoms with Crippen LogP contribution in [0.15, 0.2) is 24.5 Å². The predicted molar refractivity (Wildman–Crippen MR) is 70.9 cm³/mol. The maximum absolute atomic E-state index is 10.9. The maximum atomic E-state index is 10.9. The summed E-state index contributed by atoms with van der Waals surface area (Å²) in [6.45, 7) is 0.307. The van der Waals surface area contributed by atoms with Crippen LogP contribution in [0, 0.1) is 0 Å². The van der Waals surface area contributed by atoms with Crippen molar-refractivity contribution in [3.63, 3.8) is 0 Å². The van der Waals surface area contributed by atoms with E-state index in [0.717, 1.165) is 5.56 Å². The lowest BCUT2D eigenvalue weighted by molar-refractivity contribution is -0.766. The van der Waals surface area contributed by atoms with Gasteiger partial charge in [-0.25, -0.2) is 4.57 Å². The molecule has 1 aliphatic heterocycles. The van der Waals surface area contributed by atoms with Crippen molar-refractivity contribution in [2.75, 3.05) is 0 Å². The molecule has 0 radical (unpaired) electrons. The Morgan fingerprint density at radius 3 is 2.86 bits per heavy atom. The maximum Gasteiger partial charge on any atom is 0.469 e. The monoisotopic (exact) mass is 333 g/mol. The molecule has 2 aliphatic rings. The minimum absolute atomic E-state index is 0.101. The number of aliphatic hydroxyl groups excluding tert-OH is 2. The number of ether oxygens (including phenoxy) is 1. The fourth-order valence-electron chi connectivity index (χ4n) is 2.83. The minimum Gasteiger partial charge on any atom is -0.387 e. The molecule has 22 heavy (non-hydrogen) atoms. The molecule has 1 spiro atoms. The van der Waals surface area contributed by atoms with Crippen molar-refractivity contribution in [1.29, 1.82) is 0 Å². The molecule has 0 amide bonds. The van der Waals surface area contributed by atoms with Crippen LogP contribution in [0.1, 0.15) is 18.2 Å². The van der Waals surface area contributed by atoms with Crippen molar-refractivity contribution in [2.45, 2.75) is 43.1 Å². The summed E-state index contributed by atoms with van der Waals surface area (Å²) in [4.78, 5) is 17.7. The van der Waals surface area contributed by atoms with Gasteiger partial charge in [-0.15, -0.1) is 0 Å². The molecule has 1 unspecified atom stereocenters. The fraction of sp³-hybridized carbons (Fsp3) is 0.583. The number of nitrogens with two attached hydrogens (primary N) is 1. The topological polar surface area (TPSA) is 146 Å². The second kappa shape index (κ2) is 5.33. The summed E-state index contributed by atoms with van der Waals surface area (Å²) in [6, 6.07) is 3.53. The van der Waals surface area contributed by atoms with Gasteiger partial charge < -0.3 is 30.5 Å². The lowest BCUT2D eigenvalue weighted by atomic mass is 10.1. The van der Waals surface area contributed by atoms with Crippen LogP contribution in [0.3, 0.4) is 0 Å². The molecule has 0 aromatic carbocycles. The number of hydrogen-bond donors (Lipinski definition) is 5. The van der Waals surface area contributed by atoms with Gasteiger partial charge >= 0.3 is 7.82 Å². The normalized spacial score (nSPS) is 37.7. The standard InChI is InChI=1S/C12H17N2O7P/c13-5-7-2-1-3-14(6-7)11-9(15)10(16)12(20-11)4-8(12)21-22(17,18)19/h1-3,6,8-11,15-16H,4-5,13H2,(H-,17,18,19)/p+1/t8-,9-,10+,11-,12?/m1/s1. The van der Waals surface area contributed by atoms with Crippen molar-refractivity contribution >= 4 is 7.82 Å². The first-order valence-electron chi connectivity index (χ1n) is 6.74. The Morgan fingerprint density at radius 1 is 1.50 bits per heavy atom. The Balaban J connectivity index is 1.81. The van der Waals surface area contributed by atoms with E-state index in [1.54, 1.807) is 29.1 Å². The van der Waals surface area contributed by atoms with Gasteiger partial charge in [-0.05, 0) is 6.07 Å². The minimum atomic E-state index is -4.68. The van der Waals surface area contributed by atoms with Gasteiger partial charge in [0.2, 0.25) is 0 Å². The van der Waals surface area contributed by atoms with E-state index in [2.05, 4.69) is 4.52 Å². The first kappa shape index (κ1) is 16.0. The van der Waals surface area contributed by atoms with Crippen LogP contribution < -0.4 is 10.3 Å². The van der Waals surface area contributed by atoms with E-state index in [1.807, 2.05) is 0 Å². The second-order valence-electron chi connectivity index (χ2n) is 5.55. The number of hydrogen-bond acceptors (Lipinski definition) is 6. The van der Waals surface area contributed by atoms with E-state index in [4.69, 9.17) is 20.3 Å². The van der Waals surface area contributed by atoms with Gasteiger partial charge in [0.1, 0.15) is 17.8 Å². The highest BCUT2D eigenvalue weighted by Crippen LogP contribution is 2.58. The second-order valence-corrected chi connectivity index (χ2v) is 6.74. The molecule has 10 heteroatoms. The lowest BCUT2D eigenvalue weighted by Crippen LogP contribution is -2.46. The van der Waals surface area contributed by atoms with Gasteiger partial charge in [-0.2, -0.15) is 4.57 Å². The molecule has 1 aliphatic carbocycles. The van der Waals surface area contributed by atoms with E-state index in [0.29, 0.717) is 6.54 Å². The Morgan fingerprint density at radius 2 is 2.23 bits per heavy atom. The van der Waals surface area contributed by atoms with Gasteiger partial charge in [0.05, 0.1) is 0 Å². The molecular weight excluding hydrogens is 315 g/mol. The Kier molecular flexibility index (Phi) is 3.87. The highest BCUT2D eigenvalue weighted by Gasteiger charge is 2.73. The molecule has 1 aromatic rings. The highest BCUT2D eigenvalue weighted by atomic mass is 31.2. The molecule has 3 rings (SSSR count). The lowest BCUT2D eigenvalue weighted by Gasteiger charge is -2.13. The molecule has 1 saturated carbocycles. The van der Waals surface area contributed by atoms with Crippen LogP contribution in [0.25, 0.3) is 0 Å². The summed E-state index contributed by atoms with van der Waals surface area (Å²) in [7, 11) is -4.68. The molecule has 5 atom stereocenters.